The summed E-state index contributed by atoms with van der Waals surface area (Å²) in [5.41, 5.74) is 1.44. The Balaban J connectivity index is 1.55. The van der Waals surface area contributed by atoms with Crippen LogP contribution in [-0.2, 0) is 17.9 Å². The van der Waals surface area contributed by atoms with E-state index in [1.54, 1.807) is 30.5 Å². The first kappa shape index (κ1) is 20.3. The Labute approximate surface area is 167 Å². The molecule has 2 aromatic carbocycles. The second kappa shape index (κ2) is 9.64. The number of nitrogens with one attached hydrogen (secondary N) is 2. The fourth-order valence-corrected chi connectivity index (χ4v) is 3.92. The highest BCUT2D eigenvalue weighted by molar-refractivity contribution is 7.19. The number of benzene rings is 2. The number of ether oxygens (including phenoxy) is 1. The van der Waals surface area contributed by atoms with Crippen molar-refractivity contribution < 1.29 is 14.2 Å². The summed E-state index contributed by atoms with van der Waals surface area (Å²) < 4.78 is 19.9. The van der Waals surface area contributed by atoms with Gasteiger partial charge < -0.3 is 20.5 Å². The van der Waals surface area contributed by atoms with Crippen molar-refractivity contribution in [3.63, 3.8) is 0 Å². The zero-order chi connectivity index (χ0) is 19.9. The Morgan fingerprint density at radius 2 is 2.04 bits per heavy atom. The Hall–Kier alpha value is -2.48. The van der Waals surface area contributed by atoms with Crippen LogP contribution in [0.25, 0.3) is 10.1 Å². The fraction of sp³-hybridized carbons (Fsp3) is 0.286. The normalized spacial score (nSPS) is 12.9. The average Bonchev–Trinajstić information content (AvgIpc) is 3.14. The van der Waals surface area contributed by atoms with Crippen molar-refractivity contribution in [3.8, 4) is 0 Å². The van der Waals surface area contributed by atoms with Crippen molar-refractivity contribution in [1.82, 2.24) is 10.6 Å². The second-order valence-electron chi connectivity index (χ2n) is 6.37. The van der Waals surface area contributed by atoms with Gasteiger partial charge in [0.1, 0.15) is 11.9 Å². The van der Waals surface area contributed by atoms with E-state index in [0.29, 0.717) is 24.6 Å². The molecule has 0 fully saturated rings. The minimum absolute atomic E-state index is 0.230. The van der Waals surface area contributed by atoms with Crippen LogP contribution in [0.2, 0.25) is 0 Å². The molecule has 7 heteroatoms. The second-order valence-corrected chi connectivity index (χ2v) is 7.48. The molecule has 148 valence electrons. The van der Waals surface area contributed by atoms with Gasteiger partial charge in [0.2, 0.25) is 0 Å². The van der Waals surface area contributed by atoms with E-state index in [0.717, 1.165) is 20.5 Å². The van der Waals surface area contributed by atoms with Gasteiger partial charge in [-0.3, -0.25) is 4.99 Å². The van der Waals surface area contributed by atoms with Crippen molar-refractivity contribution >= 4 is 27.4 Å². The number of rotatable bonds is 7. The molecule has 0 radical (unpaired) electrons. The Morgan fingerprint density at radius 1 is 1.21 bits per heavy atom. The van der Waals surface area contributed by atoms with Gasteiger partial charge in [-0.05, 0) is 35.2 Å². The number of methoxy groups -OCH3 is 1. The molecule has 3 N–H and O–H groups in total. The van der Waals surface area contributed by atoms with Crippen LogP contribution >= 0.6 is 11.3 Å². The Bertz CT molecular complexity index is 925. The maximum atomic E-state index is 13.7. The third-order valence-electron chi connectivity index (χ3n) is 4.33. The molecule has 1 atom stereocenters. The molecule has 0 aliphatic rings. The molecule has 1 aromatic heterocycles. The van der Waals surface area contributed by atoms with Crippen LogP contribution in [0.5, 0.6) is 0 Å². The smallest absolute Gasteiger partial charge is 0.191 e. The molecule has 0 aliphatic heterocycles. The van der Waals surface area contributed by atoms with E-state index in [1.165, 1.54) is 13.2 Å². The molecule has 1 unspecified atom stereocenters. The molecular weight excluding hydrogens is 377 g/mol. The summed E-state index contributed by atoms with van der Waals surface area (Å²) in [6.45, 7) is 1.05. The summed E-state index contributed by atoms with van der Waals surface area (Å²) in [5.74, 6) is 0.289. The fourth-order valence-electron chi connectivity index (χ4n) is 2.87. The lowest BCUT2D eigenvalue weighted by atomic mass is 10.1. The van der Waals surface area contributed by atoms with Gasteiger partial charge in [-0.15, -0.1) is 11.3 Å². The standard InChI is InChI=1S/C21H24FN3O2S/c1-23-21(24-11-14-7-8-17(22)16(9-14)13-27-2)25-12-18(26)20-10-15-5-3-4-6-19(15)28-20/h3-10,18,26H,11-13H2,1-2H3,(H2,23,24,25). The van der Waals surface area contributed by atoms with Crippen LogP contribution < -0.4 is 10.6 Å². The van der Waals surface area contributed by atoms with Gasteiger partial charge in [-0.2, -0.15) is 0 Å². The summed E-state index contributed by atoms with van der Waals surface area (Å²) in [5, 5.41) is 17.9. The van der Waals surface area contributed by atoms with Crippen LogP contribution in [0.3, 0.4) is 0 Å². The van der Waals surface area contributed by atoms with Crippen molar-refractivity contribution in [3.05, 3.63) is 70.4 Å². The molecule has 0 amide bonds. The maximum absolute atomic E-state index is 13.7. The van der Waals surface area contributed by atoms with Crippen molar-refractivity contribution in [2.24, 2.45) is 4.99 Å². The van der Waals surface area contributed by atoms with E-state index >= 15 is 0 Å². The Morgan fingerprint density at radius 3 is 2.79 bits per heavy atom. The summed E-state index contributed by atoms with van der Waals surface area (Å²) in [6.07, 6.45) is -0.630. The maximum Gasteiger partial charge on any atom is 0.191 e. The van der Waals surface area contributed by atoms with E-state index in [1.807, 2.05) is 30.3 Å². The third kappa shape index (κ3) is 5.07. The summed E-state index contributed by atoms with van der Waals surface area (Å²) in [6, 6.07) is 15.0. The molecule has 1 heterocycles. The van der Waals surface area contributed by atoms with Crippen LogP contribution in [0.15, 0.2) is 53.5 Å². The first-order valence-corrected chi connectivity index (χ1v) is 9.79. The highest BCUT2D eigenvalue weighted by Crippen LogP contribution is 2.29. The van der Waals surface area contributed by atoms with Crippen LogP contribution in [0, 0.1) is 5.82 Å². The van der Waals surface area contributed by atoms with Crippen molar-refractivity contribution in [2.45, 2.75) is 19.3 Å². The highest BCUT2D eigenvalue weighted by atomic mass is 32.1. The zero-order valence-corrected chi connectivity index (χ0v) is 16.7. The van der Waals surface area contributed by atoms with Gasteiger partial charge in [-0.1, -0.05) is 24.3 Å². The minimum atomic E-state index is -0.630. The lowest BCUT2D eigenvalue weighted by Crippen LogP contribution is -2.38. The van der Waals surface area contributed by atoms with E-state index in [4.69, 9.17) is 4.74 Å². The van der Waals surface area contributed by atoms with Crippen molar-refractivity contribution in [2.75, 3.05) is 20.7 Å². The number of hydrogen-bond acceptors (Lipinski definition) is 4. The van der Waals surface area contributed by atoms with Crippen LogP contribution in [-0.4, -0.2) is 31.8 Å². The molecule has 0 saturated heterocycles. The summed E-state index contributed by atoms with van der Waals surface area (Å²) in [4.78, 5) is 5.08. The number of guanidine groups is 1. The van der Waals surface area contributed by atoms with Gasteiger partial charge >= 0.3 is 0 Å². The first-order valence-electron chi connectivity index (χ1n) is 8.98. The molecule has 0 spiro atoms. The molecule has 5 nitrogen and oxygen atoms in total. The zero-order valence-electron chi connectivity index (χ0n) is 15.9. The molecular formula is C21H24FN3O2S. The van der Waals surface area contributed by atoms with E-state index in [-0.39, 0.29) is 12.4 Å². The van der Waals surface area contributed by atoms with Crippen LogP contribution in [0.1, 0.15) is 22.1 Å². The molecule has 0 bridgehead atoms. The number of aliphatic hydroxyl groups is 1. The molecule has 3 aromatic rings. The summed E-state index contributed by atoms with van der Waals surface area (Å²) >= 11 is 1.58. The topological polar surface area (TPSA) is 65.9 Å². The van der Waals surface area contributed by atoms with Gasteiger partial charge in [0.05, 0.1) is 6.61 Å². The number of hydrogen-bond donors (Lipinski definition) is 3. The lowest BCUT2D eigenvalue weighted by Gasteiger charge is -2.15. The monoisotopic (exact) mass is 401 g/mol. The summed E-state index contributed by atoms with van der Waals surface area (Å²) in [7, 11) is 3.21. The van der Waals surface area contributed by atoms with Gasteiger partial charge in [0.25, 0.3) is 0 Å². The van der Waals surface area contributed by atoms with E-state index in [9.17, 15) is 9.50 Å². The highest BCUT2D eigenvalue weighted by Gasteiger charge is 2.12. The number of halogens is 1. The first-order chi connectivity index (χ1) is 13.6. The predicted octanol–water partition coefficient (Wildman–Crippen LogP) is 3.59. The van der Waals surface area contributed by atoms with E-state index in [2.05, 4.69) is 15.6 Å². The molecule has 0 aliphatic carbocycles. The quantitative estimate of drug-likeness (QED) is 0.418. The molecule has 28 heavy (non-hydrogen) atoms. The number of fused-ring (bicyclic) bond motifs is 1. The number of thiophene rings is 1. The molecule has 0 saturated carbocycles. The lowest BCUT2D eigenvalue weighted by molar-refractivity contribution is 0.181. The van der Waals surface area contributed by atoms with E-state index < -0.39 is 6.10 Å². The van der Waals surface area contributed by atoms with Crippen LogP contribution in [0.4, 0.5) is 4.39 Å². The van der Waals surface area contributed by atoms with Gasteiger partial charge in [0, 0.05) is 42.4 Å². The van der Waals surface area contributed by atoms with Gasteiger partial charge in [0.15, 0.2) is 5.96 Å². The SMILES string of the molecule is CN=C(NCc1ccc(F)c(COC)c1)NCC(O)c1cc2ccccc2s1. The number of aliphatic hydroxyl groups excluding tert-OH is 1. The minimum Gasteiger partial charge on any atom is -0.386 e. The molecule has 3 rings (SSSR count). The van der Waals surface area contributed by atoms with Gasteiger partial charge in [-0.25, -0.2) is 4.39 Å². The third-order valence-corrected chi connectivity index (χ3v) is 5.55. The Kier molecular flexibility index (Phi) is 6.97. The number of nitrogens with zero attached hydrogens (tertiary/aromatic N) is 1. The number of aliphatic imine (C=N–C) groups is 1. The van der Waals surface area contributed by atoms with Crippen molar-refractivity contribution in [1.29, 1.82) is 0 Å². The largest absolute Gasteiger partial charge is 0.386 e. The average molecular weight is 402 g/mol. The predicted molar refractivity (Wildman–Crippen MR) is 112 cm³/mol.